The van der Waals surface area contributed by atoms with Crippen molar-refractivity contribution < 1.29 is 28.3 Å². The maximum atomic E-state index is 13.7. The van der Waals surface area contributed by atoms with Gasteiger partial charge in [-0.25, -0.2) is 18.6 Å². The van der Waals surface area contributed by atoms with E-state index in [1.54, 1.807) is 6.92 Å². The van der Waals surface area contributed by atoms with Crippen LogP contribution < -0.4 is 0 Å². The van der Waals surface area contributed by atoms with Crippen LogP contribution in [0.4, 0.5) is 14.9 Å². The fourth-order valence-corrected chi connectivity index (χ4v) is 2.43. The zero-order chi connectivity index (χ0) is 14.6. The summed E-state index contributed by atoms with van der Waals surface area (Å²) in [6, 6.07) is 2.75. The molecular formula is C10H12FN2O5S+. The molecule has 1 aromatic carbocycles. The third-order valence-electron chi connectivity index (χ3n) is 2.06. The second-order valence-corrected chi connectivity index (χ2v) is 5.71. The molecule has 0 heterocycles. The van der Waals surface area contributed by atoms with Gasteiger partial charge in [-0.05, 0) is 13.0 Å². The Kier molecular flexibility index (Phi) is 4.54. The predicted molar refractivity (Wildman–Crippen MR) is 63.3 cm³/mol. The fourth-order valence-electron chi connectivity index (χ4n) is 1.26. The smallest absolute Gasteiger partial charge is 0.442 e. The molecular weight excluding hydrogens is 279 g/mol. The van der Waals surface area contributed by atoms with Gasteiger partial charge in [-0.15, -0.1) is 4.36 Å². The zero-order valence-electron chi connectivity index (χ0n) is 10.2. The summed E-state index contributed by atoms with van der Waals surface area (Å²) < 4.78 is 33.6. The lowest BCUT2D eigenvalue weighted by Gasteiger charge is -2.04. The number of rotatable bonds is 3. The molecule has 0 aliphatic carbocycles. The van der Waals surface area contributed by atoms with Crippen LogP contribution in [-0.2, 0) is 14.5 Å². The molecule has 0 aliphatic heterocycles. The lowest BCUT2D eigenvalue weighted by molar-refractivity contribution is -0.729. The van der Waals surface area contributed by atoms with Crippen LogP contribution in [0.3, 0.4) is 0 Å². The highest BCUT2D eigenvalue weighted by molar-refractivity contribution is 7.93. The summed E-state index contributed by atoms with van der Waals surface area (Å²) in [5, 5.41) is 8.60. The van der Waals surface area contributed by atoms with Gasteiger partial charge in [0.2, 0.25) is 0 Å². The Hall–Kier alpha value is -2.03. The van der Waals surface area contributed by atoms with Gasteiger partial charge in [0.25, 0.3) is 4.92 Å². The molecule has 1 atom stereocenters. The van der Waals surface area contributed by atoms with E-state index < -0.39 is 26.6 Å². The SMILES string of the molecule is CCOC(=O)N=S(C)(=O)c1ccc([N+](=O)O)cc1F. The van der Waals surface area contributed by atoms with Crippen LogP contribution in [0.2, 0.25) is 0 Å². The Morgan fingerprint density at radius 3 is 2.68 bits per heavy atom. The first-order valence-corrected chi connectivity index (χ1v) is 7.05. The van der Waals surface area contributed by atoms with Crippen molar-refractivity contribution in [1.29, 1.82) is 0 Å². The number of carbonyl (C=O) groups excluding carboxylic acids is 1. The van der Waals surface area contributed by atoms with Gasteiger partial charge in [0.1, 0.15) is 5.82 Å². The molecule has 7 nitrogen and oxygen atoms in total. The van der Waals surface area contributed by atoms with Gasteiger partial charge in [-0.2, -0.15) is 0 Å². The van der Waals surface area contributed by atoms with E-state index in [4.69, 9.17) is 5.21 Å². The molecule has 0 aromatic heterocycles. The Labute approximate surface area is 108 Å². The lowest BCUT2D eigenvalue weighted by Crippen LogP contribution is -2.07. The van der Waals surface area contributed by atoms with E-state index in [9.17, 15) is 18.3 Å². The summed E-state index contributed by atoms with van der Waals surface area (Å²) in [4.78, 5) is 20.8. The Morgan fingerprint density at radius 1 is 1.58 bits per heavy atom. The molecule has 19 heavy (non-hydrogen) atoms. The maximum Gasteiger partial charge on any atom is 0.442 e. The van der Waals surface area contributed by atoms with Crippen LogP contribution in [0, 0.1) is 10.7 Å². The number of benzene rings is 1. The standard InChI is InChI=1S/C10H12FN2O5S/c1-3-18-10(14)12-19(2,17)9-5-4-7(13(15)16)6-8(9)11/h4-6H,3H2,1-2H3,(H,15,16)/q+1. The molecule has 0 bridgehead atoms. The lowest BCUT2D eigenvalue weighted by atomic mass is 10.3. The summed E-state index contributed by atoms with van der Waals surface area (Å²) in [5.41, 5.74) is -0.368. The van der Waals surface area contributed by atoms with Crippen molar-refractivity contribution in [2.24, 2.45) is 4.36 Å². The minimum atomic E-state index is -3.33. The Bertz CT molecular complexity index is 637. The van der Waals surface area contributed by atoms with Crippen molar-refractivity contribution in [3.63, 3.8) is 0 Å². The van der Waals surface area contributed by atoms with E-state index >= 15 is 0 Å². The zero-order valence-corrected chi connectivity index (χ0v) is 11.0. The molecule has 0 fully saturated rings. The van der Waals surface area contributed by atoms with E-state index in [0.29, 0.717) is 6.07 Å². The van der Waals surface area contributed by atoms with Gasteiger partial charge in [0.15, 0.2) is 0 Å². The third-order valence-corrected chi connectivity index (χ3v) is 3.71. The van der Waals surface area contributed by atoms with Crippen molar-refractivity contribution in [2.75, 3.05) is 12.9 Å². The maximum absolute atomic E-state index is 13.7. The Balaban J connectivity index is 3.26. The van der Waals surface area contributed by atoms with E-state index in [-0.39, 0.29) is 17.2 Å². The van der Waals surface area contributed by atoms with Gasteiger partial charge >= 0.3 is 11.8 Å². The largest absolute Gasteiger partial charge is 0.448 e. The molecule has 1 aromatic rings. The van der Waals surface area contributed by atoms with Crippen molar-refractivity contribution in [1.82, 2.24) is 0 Å². The van der Waals surface area contributed by atoms with E-state index in [1.165, 1.54) is 0 Å². The van der Waals surface area contributed by atoms with Crippen molar-refractivity contribution >= 4 is 21.5 Å². The van der Waals surface area contributed by atoms with Gasteiger partial charge in [-0.3, -0.25) is 0 Å². The van der Waals surface area contributed by atoms with E-state index in [1.807, 2.05) is 0 Å². The van der Waals surface area contributed by atoms with Crippen LogP contribution in [0.5, 0.6) is 0 Å². The minimum Gasteiger partial charge on any atom is -0.448 e. The third kappa shape index (κ3) is 3.71. The molecule has 104 valence electrons. The fraction of sp³-hybridized carbons (Fsp3) is 0.300. The van der Waals surface area contributed by atoms with Crippen molar-refractivity contribution in [2.45, 2.75) is 11.8 Å². The van der Waals surface area contributed by atoms with Crippen LogP contribution >= 0.6 is 0 Å². The molecule has 0 saturated carbocycles. The van der Waals surface area contributed by atoms with Crippen LogP contribution in [0.15, 0.2) is 27.5 Å². The summed E-state index contributed by atoms with van der Waals surface area (Å²) >= 11 is 0. The van der Waals surface area contributed by atoms with Gasteiger partial charge in [0.05, 0.1) is 32.2 Å². The summed E-state index contributed by atoms with van der Waals surface area (Å²) in [7, 11) is -3.33. The monoisotopic (exact) mass is 291 g/mol. The Morgan fingerprint density at radius 2 is 2.21 bits per heavy atom. The molecule has 1 N–H and O–H groups in total. The number of hydrogen-bond donors (Lipinski definition) is 1. The second-order valence-electron chi connectivity index (χ2n) is 3.48. The first kappa shape index (κ1) is 15.0. The van der Waals surface area contributed by atoms with Crippen molar-refractivity contribution in [3.05, 3.63) is 28.9 Å². The quantitative estimate of drug-likeness (QED) is 0.861. The van der Waals surface area contributed by atoms with Crippen molar-refractivity contribution in [3.8, 4) is 0 Å². The van der Waals surface area contributed by atoms with Gasteiger partial charge in [0, 0.05) is 12.3 Å². The molecule has 1 amide bonds. The van der Waals surface area contributed by atoms with E-state index in [2.05, 4.69) is 9.10 Å². The first-order chi connectivity index (χ1) is 8.77. The number of nitrogens with zero attached hydrogens (tertiary/aromatic N) is 2. The second kappa shape index (κ2) is 5.74. The topological polar surface area (TPSA) is 96.0 Å². The summed E-state index contributed by atoms with van der Waals surface area (Å²) in [6.45, 7) is 1.60. The van der Waals surface area contributed by atoms with Crippen LogP contribution in [0.25, 0.3) is 0 Å². The molecule has 0 spiro atoms. The highest BCUT2D eigenvalue weighted by atomic mass is 32.2. The number of hydrogen-bond acceptors (Lipinski definition) is 4. The average Bonchev–Trinajstić information content (AvgIpc) is 2.27. The molecule has 0 radical (unpaired) electrons. The van der Waals surface area contributed by atoms with Gasteiger partial charge < -0.3 is 4.74 Å². The number of carbonyl (C=O) groups is 1. The van der Waals surface area contributed by atoms with Gasteiger partial charge in [-0.1, -0.05) is 0 Å². The van der Waals surface area contributed by atoms with Crippen LogP contribution in [0.1, 0.15) is 6.92 Å². The highest BCUT2D eigenvalue weighted by Gasteiger charge is 2.20. The molecule has 9 heteroatoms. The molecule has 0 aliphatic rings. The number of ether oxygens (including phenoxy) is 1. The number of amides is 1. The molecule has 0 saturated heterocycles. The van der Waals surface area contributed by atoms with Crippen LogP contribution in [-0.4, -0.2) is 33.3 Å². The predicted octanol–water partition coefficient (Wildman–Crippen LogP) is 2.24. The summed E-state index contributed by atoms with van der Waals surface area (Å²) in [5.74, 6) is -1.02. The summed E-state index contributed by atoms with van der Waals surface area (Å²) in [6.07, 6.45) is 0.00158. The minimum absolute atomic E-state index is 0.0505. The highest BCUT2D eigenvalue weighted by Crippen LogP contribution is 2.21. The molecule has 1 rings (SSSR count). The molecule has 1 unspecified atom stereocenters. The first-order valence-electron chi connectivity index (χ1n) is 5.12. The number of halogens is 1. The van der Waals surface area contributed by atoms with E-state index in [0.717, 1.165) is 18.4 Å². The average molecular weight is 291 g/mol. The normalized spacial score (nSPS) is 13.4.